The van der Waals surface area contributed by atoms with Crippen LogP contribution >= 0.6 is 0 Å². The van der Waals surface area contributed by atoms with Crippen LogP contribution in [-0.2, 0) is 4.74 Å². The molecular weight excluding hydrogens is 214 g/mol. The molecule has 0 spiro atoms. The van der Waals surface area contributed by atoms with Gasteiger partial charge >= 0.3 is 0 Å². The van der Waals surface area contributed by atoms with E-state index >= 15 is 0 Å². The summed E-state index contributed by atoms with van der Waals surface area (Å²) in [5.41, 5.74) is 3.62. The third-order valence-corrected chi connectivity index (χ3v) is 4.02. The van der Waals surface area contributed by atoms with Crippen LogP contribution in [0, 0.1) is 0 Å². The Hall–Kier alpha value is -0.160. The van der Waals surface area contributed by atoms with Crippen molar-refractivity contribution in [2.24, 2.45) is 0 Å². The highest BCUT2D eigenvalue weighted by molar-refractivity contribution is 4.77. The molecule has 0 amide bonds. The van der Waals surface area contributed by atoms with Crippen molar-refractivity contribution in [2.75, 3.05) is 39.4 Å². The maximum atomic E-state index is 5.36. The molecule has 17 heavy (non-hydrogen) atoms. The summed E-state index contributed by atoms with van der Waals surface area (Å²) in [4.78, 5) is 2.48. The number of hydrazine groups is 1. The molecule has 2 atom stereocenters. The van der Waals surface area contributed by atoms with E-state index in [4.69, 9.17) is 4.74 Å². The van der Waals surface area contributed by atoms with Crippen LogP contribution in [0.15, 0.2) is 0 Å². The van der Waals surface area contributed by atoms with Crippen molar-refractivity contribution >= 4 is 0 Å². The standard InChI is InChI=1S/C13H27N3O/c1-12-4-3-5-13(2)16(12)14-6-7-15-8-10-17-11-9-15/h12-14H,3-11H2,1-2H3. The van der Waals surface area contributed by atoms with E-state index in [1.165, 1.54) is 19.3 Å². The summed E-state index contributed by atoms with van der Waals surface area (Å²) in [6, 6.07) is 1.37. The van der Waals surface area contributed by atoms with E-state index in [2.05, 4.69) is 29.2 Å². The number of hydrogen-bond acceptors (Lipinski definition) is 4. The Labute approximate surface area is 105 Å². The fourth-order valence-corrected chi connectivity index (χ4v) is 2.89. The van der Waals surface area contributed by atoms with E-state index in [1.807, 2.05) is 0 Å². The largest absolute Gasteiger partial charge is 0.379 e. The minimum atomic E-state index is 0.684. The molecule has 2 unspecified atom stereocenters. The Morgan fingerprint density at radius 3 is 2.41 bits per heavy atom. The molecule has 2 aliphatic rings. The van der Waals surface area contributed by atoms with Crippen LogP contribution in [0.4, 0.5) is 0 Å². The lowest BCUT2D eigenvalue weighted by Gasteiger charge is -2.39. The molecule has 4 nitrogen and oxygen atoms in total. The second-order valence-electron chi connectivity index (χ2n) is 5.40. The first kappa shape index (κ1) is 13.3. The van der Waals surface area contributed by atoms with Gasteiger partial charge in [0.25, 0.3) is 0 Å². The summed E-state index contributed by atoms with van der Waals surface area (Å²) in [5.74, 6) is 0. The first-order valence-electron chi connectivity index (χ1n) is 7.09. The van der Waals surface area contributed by atoms with E-state index in [0.29, 0.717) is 12.1 Å². The third-order valence-electron chi connectivity index (χ3n) is 4.02. The van der Waals surface area contributed by atoms with Gasteiger partial charge in [-0.1, -0.05) is 6.42 Å². The molecule has 0 radical (unpaired) electrons. The van der Waals surface area contributed by atoms with Gasteiger partial charge in [-0.3, -0.25) is 10.3 Å². The van der Waals surface area contributed by atoms with Crippen LogP contribution in [0.5, 0.6) is 0 Å². The predicted octanol–water partition coefficient (Wildman–Crippen LogP) is 1.09. The van der Waals surface area contributed by atoms with Crippen molar-refractivity contribution < 1.29 is 4.74 Å². The molecule has 2 heterocycles. The molecule has 0 aromatic carbocycles. The van der Waals surface area contributed by atoms with Crippen LogP contribution in [0.3, 0.4) is 0 Å². The maximum Gasteiger partial charge on any atom is 0.0594 e. The molecule has 2 fully saturated rings. The highest BCUT2D eigenvalue weighted by atomic mass is 16.5. The molecule has 2 aliphatic heterocycles. The first-order valence-corrected chi connectivity index (χ1v) is 7.09. The van der Waals surface area contributed by atoms with Gasteiger partial charge in [0.15, 0.2) is 0 Å². The van der Waals surface area contributed by atoms with Crippen LogP contribution in [-0.4, -0.2) is 61.4 Å². The predicted molar refractivity (Wildman–Crippen MR) is 69.9 cm³/mol. The monoisotopic (exact) mass is 241 g/mol. The molecular formula is C13H27N3O. The zero-order valence-corrected chi connectivity index (χ0v) is 11.3. The van der Waals surface area contributed by atoms with E-state index in [9.17, 15) is 0 Å². The van der Waals surface area contributed by atoms with Crippen molar-refractivity contribution in [1.82, 2.24) is 15.3 Å². The number of ether oxygens (including phenoxy) is 1. The fraction of sp³-hybridized carbons (Fsp3) is 1.00. The van der Waals surface area contributed by atoms with E-state index < -0.39 is 0 Å². The number of rotatable bonds is 4. The molecule has 2 saturated heterocycles. The van der Waals surface area contributed by atoms with Gasteiger partial charge in [-0.15, -0.1) is 0 Å². The number of hydrogen-bond donors (Lipinski definition) is 1. The van der Waals surface area contributed by atoms with E-state index in [0.717, 1.165) is 39.4 Å². The maximum absolute atomic E-state index is 5.36. The second kappa shape index (κ2) is 6.69. The van der Waals surface area contributed by atoms with Crippen LogP contribution < -0.4 is 5.43 Å². The van der Waals surface area contributed by atoms with Crippen molar-refractivity contribution in [1.29, 1.82) is 0 Å². The normalized spacial score (nSPS) is 32.8. The van der Waals surface area contributed by atoms with Gasteiger partial charge in [0.1, 0.15) is 0 Å². The lowest BCUT2D eigenvalue weighted by molar-refractivity contribution is 0.0204. The highest BCUT2D eigenvalue weighted by Crippen LogP contribution is 2.19. The molecule has 2 rings (SSSR count). The number of piperidine rings is 1. The van der Waals surface area contributed by atoms with E-state index in [-0.39, 0.29) is 0 Å². The molecule has 0 aromatic rings. The molecule has 0 aliphatic carbocycles. The fourth-order valence-electron chi connectivity index (χ4n) is 2.89. The second-order valence-corrected chi connectivity index (χ2v) is 5.40. The average Bonchev–Trinajstić information content (AvgIpc) is 2.34. The van der Waals surface area contributed by atoms with Gasteiger partial charge in [0.2, 0.25) is 0 Å². The van der Waals surface area contributed by atoms with Crippen molar-refractivity contribution in [3.63, 3.8) is 0 Å². The van der Waals surface area contributed by atoms with Gasteiger partial charge in [0, 0.05) is 38.3 Å². The Balaban J connectivity index is 1.66. The summed E-state index contributed by atoms with van der Waals surface area (Å²) >= 11 is 0. The van der Waals surface area contributed by atoms with Crippen LogP contribution in [0.2, 0.25) is 0 Å². The molecule has 100 valence electrons. The number of morpholine rings is 1. The number of nitrogens with zero attached hydrogens (tertiary/aromatic N) is 2. The molecule has 0 saturated carbocycles. The summed E-state index contributed by atoms with van der Waals surface area (Å²) in [6.07, 6.45) is 4.04. The van der Waals surface area contributed by atoms with E-state index in [1.54, 1.807) is 0 Å². The highest BCUT2D eigenvalue weighted by Gasteiger charge is 2.24. The first-order chi connectivity index (χ1) is 8.27. The lowest BCUT2D eigenvalue weighted by atomic mass is 10.00. The number of nitrogens with one attached hydrogen (secondary N) is 1. The molecule has 0 aromatic heterocycles. The Morgan fingerprint density at radius 2 is 1.76 bits per heavy atom. The summed E-state index contributed by atoms with van der Waals surface area (Å²) in [6.45, 7) is 10.8. The third kappa shape index (κ3) is 3.91. The van der Waals surface area contributed by atoms with Gasteiger partial charge in [0.05, 0.1) is 13.2 Å². The van der Waals surface area contributed by atoms with Crippen molar-refractivity contribution in [3.05, 3.63) is 0 Å². The van der Waals surface area contributed by atoms with Gasteiger partial charge in [-0.2, -0.15) is 0 Å². The minimum absolute atomic E-state index is 0.684. The van der Waals surface area contributed by atoms with Crippen molar-refractivity contribution in [3.8, 4) is 0 Å². The SMILES string of the molecule is CC1CCCC(C)N1NCCN1CCOCC1. The quantitative estimate of drug-likeness (QED) is 0.797. The average molecular weight is 241 g/mol. The van der Waals surface area contributed by atoms with Gasteiger partial charge in [-0.25, -0.2) is 5.01 Å². The Kier molecular flexibility index (Phi) is 5.22. The zero-order valence-electron chi connectivity index (χ0n) is 11.3. The summed E-state index contributed by atoms with van der Waals surface area (Å²) in [7, 11) is 0. The minimum Gasteiger partial charge on any atom is -0.379 e. The Morgan fingerprint density at radius 1 is 1.12 bits per heavy atom. The van der Waals surface area contributed by atoms with Gasteiger partial charge in [-0.05, 0) is 26.7 Å². The summed E-state index contributed by atoms with van der Waals surface area (Å²) < 4.78 is 5.36. The summed E-state index contributed by atoms with van der Waals surface area (Å²) in [5, 5.41) is 2.46. The zero-order chi connectivity index (χ0) is 12.1. The van der Waals surface area contributed by atoms with Crippen molar-refractivity contribution in [2.45, 2.75) is 45.2 Å². The van der Waals surface area contributed by atoms with Crippen LogP contribution in [0.1, 0.15) is 33.1 Å². The molecule has 0 bridgehead atoms. The molecule has 4 heteroatoms. The van der Waals surface area contributed by atoms with Crippen LogP contribution in [0.25, 0.3) is 0 Å². The molecule has 1 N–H and O–H groups in total. The smallest absolute Gasteiger partial charge is 0.0594 e. The topological polar surface area (TPSA) is 27.7 Å². The lowest BCUT2D eigenvalue weighted by Crippen LogP contribution is -2.54. The van der Waals surface area contributed by atoms with Gasteiger partial charge < -0.3 is 4.74 Å². The Bertz CT molecular complexity index is 209.